The molecule has 7 nitrogen and oxygen atoms in total. The van der Waals surface area contributed by atoms with Gasteiger partial charge in [0.15, 0.2) is 0 Å². The van der Waals surface area contributed by atoms with E-state index in [-0.39, 0.29) is 24.5 Å². The van der Waals surface area contributed by atoms with Crippen LogP contribution >= 0.6 is 0 Å². The Morgan fingerprint density at radius 3 is 2.56 bits per heavy atom. The number of benzene rings is 2. The van der Waals surface area contributed by atoms with Crippen molar-refractivity contribution < 1.29 is 14.3 Å². The Kier molecular flexibility index (Phi) is 8.55. The minimum Gasteiger partial charge on any atom is -0.491 e. The number of hydrogen-bond acceptors (Lipinski definition) is 5. The van der Waals surface area contributed by atoms with Gasteiger partial charge in [-0.2, -0.15) is 0 Å². The van der Waals surface area contributed by atoms with Gasteiger partial charge in [0.2, 0.25) is 0 Å². The summed E-state index contributed by atoms with van der Waals surface area (Å²) < 4.78 is 6.31. The van der Waals surface area contributed by atoms with E-state index >= 15 is 0 Å². The monoisotopic (exact) mass is 486 g/mol. The average molecular weight is 487 g/mol. The van der Waals surface area contributed by atoms with E-state index in [2.05, 4.69) is 17.1 Å². The van der Waals surface area contributed by atoms with Crippen LogP contribution in [0.2, 0.25) is 0 Å². The van der Waals surface area contributed by atoms with Crippen molar-refractivity contribution in [2.75, 3.05) is 32.0 Å². The van der Waals surface area contributed by atoms with Crippen molar-refractivity contribution in [1.82, 2.24) is 14.8 Å². The summed E-state index contributed by atoms with van der Waals surface area (Å²) in [7, 11) is 0. The number of rotatable bonds is 4. The number of anilines is 1. The van der Waals surface area contributed by atoms with E-state index in [1.807, 2.05) is 59.2 Å². The summed E-state index contributed by atoms with van der Waals surface area (Å²) in [6, 6.07) is 20.6. The number of nitrogens with zero attached hydrogens (tertiary/aromatic N) is 3. The quantitative estimate of drug-likeness (QED) is 0.589. The Morgan fingerprint density at radius 2 is 1.78 bits per heavy atom. The molecule has 7 heteroatoms. The molecule has 1 aliphatic heterocycles. The molecule has 36 heavy (non-hydrogen) atoms. The number of carbonyl (C=O) groups is 2. The Balaban J connectivity index is 1.70. The van der Waals surface area contributed by atoms with Crippen LogP contribution in [-0.2, 0) is 6.42 Å². The van der Waals surface area contributed by atoms with Crippen LogP contribution in [0.1, 0.15) is 52.5 Å². The van der Waals surface area contributed by atoms with Crippen LogP contribution in [0.15, 0.2) is 72.9 Å². The number of carbonyl (C=O) groups excluding carboxylic acids is 2. The van der Waals surface area contributed by atoms with E-state index in [4.69, 9.17) is 10.5 Å². The number of nitrogens with two attached hydrogens (primary N) is 1. The van der Waals surface area contributed by atoms with Gasteiger partial charge in [0, 0.05) is 31.4 Å². The zero-order chi connectivity index (χ0) is 25.3. The van der Waals surface area contributed by atoms with Gasteiger partial charge in [0.25, 0.3) is 11.8 Å². The van der Waals surface area contributed by atoms with Gasteiger partial charge < -0.3 is 20.3 Å². The Morgan fingerprint density at radius 1 is 1.03 bits per heavy atom. The van der Waals surface area contributed by atoms with Crippen LogP contribution in [0.4, 0.5) is 5.82 Å². The van der Waals surface area contributed by atoms with E-state index in [0.29, 0.717) is 48.7 Å². The normalized spacial score (nSPS) is 17.2. The van der Waals surface area contributed by atoms with Crippen molar-refractivity contribution in [2.45, 2.75) is 38.6 Å². The van der Waals surface area contributed by atoms with Gasteiger partial charge >= 0.3 is 0 Å². The molecule has 3 aromatic rings. The van der Waals surface area contributed by atoms with Crippen LogP contribution in [0.25, 0.3) is 0 Å². The van der Waals surface area contributed by atoms with Crippen molar-refractivity contribution in [3.63, 3.8) is 0 Å². The van der Waals surface area contributed by atoms with Crippen molar-refractivity contribution in [2.24, 2.45) is 0 Å². The summed E-state index contributed by atoms with van der Waals surface area (Å²) in [6.07, 6.45) is 4.80. The molecule has 2 aromatic carbocycles. The number of fused-ring (bicyclic) bond motifs is 1. The molecule has 2 amide bonds. The summed E-state index contributed by atoms with van der Waals surface area (Å²) in [5.41, 5.74) is 8.07. The van der Waals surface area contributed by atoms with Gasteiger partial charge in [-0.25, -0.2) is 4.98 Å². The molecule has 0 spiro atoms. The number of hydrogen-bond donors (Lipinski definition) is 1. The third kappa shape index (κ3) is 6.22. The fourth-order valence-corrected chi connectivity index (χ4v) is 4.63. The predicted octanol–water partition coefficient (Wildman–Crippen LogP) is 4.44. The molecule has 188 valence electrons. The summed E-state index contributed by atoms with van der Waals surface area (Å²) >= 11 is 0. The van der Waals surface area contributed by atoms with E-state index in [1.165, 1.54) is 0 Å². The van der Waals surface area contributed by atoms with Gasteiger partial charge in [-0.05, 0) is 62.4 Å². The fraction of sp³-hybridized carbons (Fsp3) is 0.345. The first kappa shape index (κ1) is 25.2. The Bertz CT molecular complexity index is 1170. The van der Waals surface area contributed by atoms with Crippen molar-refractivity contribution in [1.29, 1.82) is 0 Å². The van der Waals surface area contributed by atoms with Crippen molar-refractivity contribution in [3.8, 4) is 5.75 Å². The number of aromatic nitrogens is 1. The number of pyridine rings is 1. The van der Waals surface area contributed by atoms with Crippen LogP contribution in [-0.4, -0.2) is 58.9 Å². The summed E-state index contributed by atoms with van der Waals surface area (Å²) in [5, 5.41) is 0. The first-order valence-corrected chi connectivity index (χ1v) is 12.6. The second-order valence-electron chi connectivity index (χ2n) is 9.06. The first-order valence-electron chi connectivity index (χ1n) is 12.6. The molecule has 1 aromatic heterocycles. The van der Waals surface area contributed by atoms with E-state index in [1.54, 1.807) is 18.3 Å². The second kappa shape index (κ2) is 12.2. The maximum Gasteiger partial charge on any atom is 0.257 e. The second-order valence-corrected chi connectivity index (χ2v) is 9.06. The van der Waals surface area contributed by atoms with E-state index in [9.17, 15) is 9.59 Å². The maximum absolute atomic E-state index is 13.8. The topological polar surface area (TPSA) is 88.8 Å². The van der Waals surface area contributed by atoms with Crippen LogP contribution in [0, 0.1) is 0 Å². The van der Waals surface area contributed by atoms with Gasteiger partial charge in [-0.1, -0.05) is 42.5 Å². The average Bonchev–Trinajstić information content (AvgIpc) is 2.91. The van der Waals surface area contributed by atoms with Gasteiger partial charge in [-0.15, -0.1) is 0 Å². The first-order chi connectivity index (χ1) is 17.6. The lowest BCUT2D eigenvalue weighted by atomic mass is 10.0. The van der Waals surface area contributed by atoms with E-state index < -0.39 is 0 Å². The lowest BCUT2D eigenvalue weighted by molar-refractivity contribution is 0.0605. The van der Waals surface area contributed by atoms with Gasteiger partial charge in [0.05, 0.1) is 11.6 Å². The van der Waals surface area contributed by atoms with Crippen LogP contribution < -0.4 is 10.5 Å². The van der Waals surface area contributed by atoms with E-state index in [0.717, 1.165) is 24.8 Å². The van der Waals surface area contributed by atoms with Crippen LogP contribution in [0.3, 0.4) is 0 Å². The summed E-state index contributed by atoms with van der Waals surface area (Å²) in [5.74, 6) is 0.739. The Hall–Kier alpha value is -3.87. The molecule has 2 heterocycles. The molecule has 0 saturated carbocycles. The third-order valence-electron chi connectivity index (χ3n) is 6.59. The van der Waals surface area contributed by atoms with Crippen molar-refractivity contribution in [3.05, 3.63) is 89.6 Å². The van der Waals surface area contributed by atoms with Crippen molar-refractivity contribution >= 4 is 17.6 Å². The zero-order valence-electron chi connectivity index (χ0n) is 20.8. The fourth-order valence-electron chi connectivity index (χ4n) is 4.63. The molecule has 1 aliphatic rings. The molecular formula is C29H34N4O3. The molecule has 0 unspecified atom stereocenters. The molecule has 1 atom stereocenters. The standard InChI is InChI=1S/C29H34N4O3/c1-2-32-17-9-4-10-18-33(28(34)23-15-16-31-27(30)20-23)24(19-22-11-5-3-6-12-22)21-36-26-14-8-7-13-25(26)29(32)35/h3,5-8,11-16,20,24H,2,4,9-10,17-19,21H2,1H3,(H2,30,31)/t24-/m0/s1. The van der Waals surface area contributed by atoms with Gasteiger partial charge in [0.1, 0.15) is 18.2 Å². The smallest absolute Gasteiger partial charge is 0.257 e. The minimum absolute atomic E-state index is 0.0212. The number of ether oxygens (including phenoxy) is 1. The molecule has 0 radical (unpaired) electrons. The highest BCUT2D eigenvalue weighted by molar-refractivity contribution is 5.97. The number of nitrogen functional groups attached to an aromatic ring is 1. The highest BCUT2D eigenvalue weighted by Crippen LogP contribution is 2.23. The molecular weight excluding hydrogens is 452 g/mol. The summed E-state index contributed by atoms with van der Waals surface area (Å²) in [6.45, 7) is 4.15. The largest absolute Gasteiger partial charge is 0.491 e. The highest BCUT2D eigenvalue weighted by atomic mass is 16.5. The molecule has 0 fully saturated rings. The predicted molar refractivity (Wildman–Crippen MR) is 141 cm³/mol. The molecule has 0 aliphatic carbocycles. The Labute approximate surface area is 212 Å². The maximum atomic E-state index is 13.8. The zero-order valence-corrected chi connectivity index (χ0v) is 20.8. The summed E-state index contributed by atoms with van der Waals surface area (Å²) in [4.78, 5) is 34.9. The minimum atomic E-state index is -0.236. The molecule has 0 bridgehead atoms. The molecule has 2 N–H and O–H groups in total. The lowest BCUT2D eigenvalue weighted by Crippen LogP contribution is -2.45. The number of amides is 2. The highest BCUT2D eigenvalue weighted by Gasteiger charge is 2.27. The lowest BCUT2D eigenvalue weighted by Gasteiger charge is -2.32. The van der Waals surface area contributed by atoms with Gasteiger partial charge in [-0.3, -0.25) is 9.59 Å². The SMILES string of the molecule is CCN1CCCCCN(C(=O)c2ccnc(N)c2)[C@@H](Cc2ccccc2)COc2ccccc2C1=O. The molecule has 4 rings (SSSR count). The third-order valence-corrected chi connectivity index (χ3v) is 6.59. The molecule has 0 saturated heterocycles. The van der Waals surface area contributed by atoms with Crippen LogP contribution in [0.5, 0.6) is 5.75 Å². The number of para-hydroxylation sites is 1.